The Morgan fingerprint density at radius 3 is 2.43 bits per heavy atom. The van der Waals surface area contributed by atoms with Crippen LogP contribution in [0.15, 0.2) is 30.5 Å². The zero-order chi connectivity index (χ0) is 21.3. The van der Waals surface area contributed by atoms with Crippen molar-refractivity contribution in [2.24, 2.45) is 0 Å². The molecule has 0 saturated carbocycles. The molecule has 0 fully saturated rings. The van der Waals surface area contributed by atoms with Gasteiger partial charge in [0.2, 0.25) is 5.88 Å². The molecule has 1 aromatic rings. The summed E-state index contributed by atoms with van der Waals surface area (Å²) in [6, 6.07) is 3.71. The molecule has 2 rings (SSSR count). The van der Waals surface area contributed by atoms with E-state index in [0.717, 1.165) is 13.0 Å². The quantitative estimate of drug-likeness (QED) is 0.695. The molecule has 0 bridgehead atoms. The number of ether oxygens (including phenoxy) is 1. The molecule has 2 heterocycles. The van der Waals surface area contributed by atoms with Crippen LogP contribution in [0, 0.1) is 0 Å². The van der Waals surface area contributed by atoms with Crippen LogP contribution in [0.25, 0.3) is 0 Å². The van der Waals surface area contributed by atoms with Gasteiger partial charge in [0.15, 0.2) is 0 Å². The molecule has 0 aromatic carbocycles. The predicted octanol–water partition coefficient (Wildman–Crippen LogP) is 1.36. The van der Waals surface area contributed by atoms with E-state index < -0.39 is 11.9 Å². The van der Waals surface area contributed by atoms with E-state index in [4.69, 9.17) is 14.9 Å². The lowest BCUT2D eigenvalue weighted by atomic mass is 10.2. The number of carboxylic acid groups (broad SMARTS) is 2. The molecule has 0 aliphatic carbocycles. The molecule has 1 aromatic heterocycles. The normalized spacial score (nSPS) is 16.3. The third kappa shape index (κ3) is 7.75. The van der Waals surface area contributed by atoms with E-state index in [0.29, 0.717) is 30.1 Å². The maximum atomic E-state index is 12.6. The van der Waals surface area contributed by atoms with E-state index in [1.807, 2.05) is 32.8 Å². The van der Waals surface area contributed by atoms with Gasteiger partial charge >= 0.3 is 11.9 Å². The Balaban J connectivity index is 0.000000416. The van der Waals surface area contributed by atoms with E-state index in [-0.39, 0.29) is 18.1 Å². The summed E-state index contributed by atoms with van der Waals surface area (Å²) in [6.07, 6.45) is 3.64. The lowest BCUT2D eigenvalue weighted by Gasteiger charge is -2.28. The van der Waals surface area contributed by atoms with Gasteiger partial charge in [0.05, 0.1) is 6.54 Å². The van der Waals surface area contributed by atoms with Gasteiger partial charge in [-0.25, -0.2) is 14.6 Å². The van der Waals surface area contributed by atoms with E-state index in [2.05, 4.69) is 9.88 Å². The second-order valence-electron chi connectivity index (χ2n) is 6.75. The van der Waals surface area contributed by atoms with E-state index >= 15 is 0 Å². The number of amides is 1. The highest BCUT2D eigenvalue weighted by Crippen LogP contribution is 2.24. The minimum absolute atomic E-state index is 0.00968. The van der Waals surface area contributed by atoms with Crippen LogP contribution in [0.1, 0.15) is 30.6 Å². The summed E-state index contributed by atoms with van der Waals surface area (Å²) in [5.74, 6) is -2.04. The number of pyridine rings is 1. The van der Waals surface area contributed by atoms with Crippen LogP contribution in [0.4, 0.5) is 0 Å². The molecule has 9 heteroatoms. The highest BCUT2D eigenvalue weighted by Gasteiger charge is 2.30. The summed E-state index contributed by atoms with van der Waals surface area (Å²) in [5, 5.41) is 15.6. The van der Waals surface area contributed by atoms with Crippen molar-refractivity contribution in [2.75, 3.05) is 27.2 Å². The van der Waals surface area contributed by atoms with Crippen LogP contribution in [0.2, 0.25) is 0 Å². The van der Waals surface area contributed by atoms with Crippen molar-refractivity contribution in [3.63, 3.8) is 0 Å². The Kier molecular flexibility index (Phi) is 9.10. The van der Waals surface area contributed by atoms with E-state index in [9.17, 15) is 14.4 Å². The minimum atomic E-state index is -1.26. The Morgan fingerprint density at radius 2 is 1.93 bits per heavy atom. The molecule has 1 aliphatic heterocycles. The van der Waals surface area contributed by atoms with E-state index in [1.54, 1.807) is 18.3 Å². The zero-order valence-corrected chi connectivity index (χ0v) is 16.5. The van der Waals surface area contributed by atoms with Crippen LogP contribution < -0.4 is 4.74 Å². The van der Waals surface area contributed by atoms with Crippen molar-refractivity contribution in [2.45, 2.75) is 32.4 Å². The molecule has 1 atom stereocenters. The van der Waals surface area contributed by atoms with Gasteiger partial charge in [0, 0.05) is 30.9 Å². The molecule has 0 spiro atoms. The molecule has 28 heavy (non-hydrogen) atoms. The molecular formula is C19H27N3O6. The lowest BCUT2D eigenvalue weighted by molar-refractivity contribution is -0.134. The predicted molar refractivity (Wildman–Crippen MR) is 102 cm³/mol. The van der Waals surface area contributed by atoms with Crippen LogP contribution in [0.5, 0.6) is 5.88 Å². The molecular weight excluding hydrogens is 366 g/mol. The van der Waals surface area contributed by atoms with Gasteiger partial charge in [0.25, 0.3) is 5.91 Å². The first-order chi connectivity index (χ1) is 13.1. The Bertz CT molecular complexity index is 701. The fourth-order valence-corrected chi connectivity index (χ4v) is 2.44. The van der Waals surface area contributed by atoms with Gasteiger partial charge in [-0.3, -0.25) is 4.79 Å². The van der Waals surface area contributed by atoms with Gasteiger partial charge in [-0.2, -0.15) is 0 Å². The minimum Gasteiger partial charge on any atom is -0.478 e. The monoisotopic (exact) mass is 393 g/mol. The third-order valence-corrected chi connectivity index (χ3v) is 3.83. The molecule has 0 saturated heterocycles. The number of hydrogen-bond donors (Lipinski definition) is 2. The largest absolute Gasteiger partial charge is 0.478 e. The summed E-state index contributed by atoms with van der Waals surface area (Å²) in [5.41, 5.74) is 0.563. The smallest absolute Gasteiger partial charge is 0.328 e. The average Bonchev–Trinajstić information content (AvgIpc) is 2.76. The number of aliphatic carboxylic acids is 2. The number of carboxylic acids is 2. The number of nitrogens with zero attached hydrogens (tertiary/aromatic N) is 3. The first-order valence-electron chi connectivity index (χ1n) is 8.83. The van der Waals surface area contributed by atoms with Crippen LogP contribution >= 0.6 is 0 Å². The lowest BCUT2D eigenvalue weighted by Crippen LogP contribution is -2.42. The molecule has 154 valence electrons. The van der Waals surface area contributed by atoms with Crippen molar-refractivity contribution < 1.29 is 29.3 Å². The number of aromatic nitrogens is 1. The highest BCUT2D eigenvalue weighted by atomic mass is 16.5. The highest BCUT2D eigenvalue weighted by molar-refractivity contribution is 5.96. The van der Waals surface area contributed by atoms with Crippen LogP contribution in [-0.4, -0.2) is 82.2 Å². The van der Waals surface area contributed by atoms with Crippen molar-refractivity contribution in [3.05, 3.63) is 36.0 Å². The average molecular weight is 393 g/mol. The first-order valence-corrected chi connectivity index (χ1v) is 8.83. The maximum Gasteiger partial charge on any atom is 0.328 e. The maximum absolute atomic E-state index is 12.6. The number of carbonyl (C=O) groups is 3. The topological polar surface area (TPSA) is 120 Å². The fourth-order valence-electron chi connectivity index (χ4n) is 2.44. The van der Waals surface area contributed by atoms with Crippen molar-refractivity contribution in [1.29, 1.82) is 0 Å². The van der Waals surface area contributed by atoms with Gasteiger partial charge in [-0.15, -0.1) is 0 Å². The number of carbonyl (C=O) groups excluding carboxylic acids is 1. The Morgan fingerprint density at radius 1 is 1.32 bits per heavy atom. The fraction of sp³-hybridized carbons (Fsp3) is 0.474. The van der Waals surface area contributed by atoms with Crippen molar-refractivity contribution in [1.82, 2.24) is 14.8 Å². The molecule has 2 N–H and O–H groups in total. The third-order valence-electron chi connectivity index (χ3n) is 3.83. The molecule has 1 unspecified atom stereocenters. The number of fused-ring (bicyclic) bond motifs is 1. The van der Waals surface area contributed by atoms with Gasteiger partial charge in [-0.05, 0) is 46.5 Å². The van der Waals surface area contributed by atoms with Gasteiger partial charge in [-0.1, -0.05) is 0 Å². The SMILES string of the molecule is CC(C)N1CC(CCN(C)C)Oc2ncccc2C1=O.O=C(O)C=CC(=O)O. The first kappa shape index (κ1) is 23.1. The Labute approximate surface area is 164 Å². The van der Waals surface area contributed by atoms with Gasteiger partial charge in [0.1, 0.15) is 11.7 Å². The van der Waals surface area contributed by atoms with Gasteiger partial charge < -0.3 is 24.7 Å². The summed E-state index contributed by atoms with van der Waals surface area (Å²) in [6.45, 7) is 5.60. The summed E-state index contributed by atoms with van der Waals surface area (Å²) in [7, 11) is 4.07. The zero-order valence-electron chi connectivity index (χ0n) is 16.5. The second kappa shape index (κ2) is 11.0. The van der Waals surface area contributed by atoms with Crippen LogP contribution in [0.3, 0.4) is 0 Å². The number of hydrogen-bond acceptors (Lipinski definition) is 6. The molecule has 1 amide bonds. The second-order valence-corrected chi connectivity index (χ2v) is 6.75. The van der Waals surface area contributed by atoms with Crippen molar-refractivity contribution in [3.8, 4) is 5.88 Å². The summed E-state index contributed by atoms with van der Waals surface area (Å²) < 4.78 is 5.96. The summed E-state index contributed by atoms with van der Waals surface area (Å²) >= 11 is 0. The van der Waals surface area contributed by atoms with Crippen molar-refractivity contribution >= 4 is 17.8 Å². The molecule has 9 nitrogen and oxygen atoms in total. The van der Waals surface area contributed by atoms with E-state index in [1.165, 1.54) is 0 Å². The summed E-state index contributed by atoms with van der Waals surface area (Å²) in [4.78, 5) is 39.9. The molecule has 0 radical (unpaired) electrons. The number of rotatable bonds is 6. The molecule has 1 aliphatic rings. The Hall–Kier alpha value is -2.94. The standard InChI is InChI=1S/C15H23N3O2.C4H4O4/c1-11(2)18-10-12(7-9-17(3)4)20-14-13(15(18)19)6-5-8-16-14;5-3(6)1-2-4(7)8/h5-6,8,11-12H,7,9-10H2,1-4H3;1-2H,(H,5,6)(H,7,8). The van der Waals surface area contributed by atoms with Crippen LogP contribution in [-0.2, 0) is 9.59 Å².